The van der Waals surface area contributed by atoms with Crippen molar-refractivity contribution in [2.75, 3.05) is 0 Å². The van der Waals surface area contributed by atoms with Gasteiger partial charge in [0, 0.05) is 11.6 Å². The molecule has 178 valence electrons. The second kappa shape index (κ2) is 11.3. The lowest BCUT2D eigenvalue weighted by atomic mass is 10.0. The summed E-state index contributed by atoms with van der Waals surface area (Å²) in [4.78, 5) is 24.2. The zero-order valence-electron chi connectivity index (χ0n) is 18.3. The SMILES string of the molecule is CC(C)c1cc(Oc2c(Br)cc(CC(=O)N[C@@H](C(=O)O)c3ccccc3)cc2Br)cc(Cl)c1O. The number of hydrogen-bond acceptors (Lipinski definition) is 4. The minimum Gasteiger partial charge on any atom is -0.506 e. The summed E-state index contributed by atoms with van der Waals surface area (Å²) in [5.41, 5.74) is 1.80. The van der Waals surface area contributed by atoms with Crippen LogP contribution in [0.1, 0.15) is 42.5 Å². The van der Waals surface area contributed by atoms with Crippen molar-refractivity contribution in [2.24, 2.45) is 0 Å². The summed E-state index contributed by atoms with van der Waals surface area (Å²) in [7, 11) is 0. The average Bonchev–Trinajstić information content (AvgIpc) is 2.77. The highest BCUT2D eigenvalue weighted by atomic mass is 79.9. The van der Waals surface area contributed by atoms with Crippen LogP contribution in [0.25, 0.3) is 0 Å². The van der Waals surface area contributed by atoms with Gasteiger partial charge < -0.3 is 20.3 Å². The van der Waals surface area contributed by atoms with Crippen LogP contribution in [-0.2, 0) is 16.0 Å². The maximum absolute atomic E-state index is 12.6. The van der Waals surface area contributed by atoms with E-state index >= 15 is 0 Å². The van der Waals surface area contributed by atoms with E-state index in [1.54, 1.807) is 48.5 Å². The number of phenols is 1. The summed E-state index contributed by atoms with van der Waals surface area (Å²) in [5.74, 6) is -0.591. The van der Waals surface area contributed by atoms with Gasteiger partial charge in [-0.05, 0) is 67.1 Å². The number of benzene rings is 3. The number of ether oxygens (including phenoxy) is 1. The quantitative estimate of drug-likeness (QED) is 0.256. The van der Waals surface area contributed by atoms with Crippen molar-refractivity contribution in [3.8, 4) is 17.2 Å². The second-order valence-electron chi connectivity index (χ2n) is 7.91. The minimum absolute atomic E-state index is 0.0266. The third kappa shape index (κ3) is 6.31. The van der Waals surface area contributed by atoms with Crippen LogP contribution in [0.4, 0.5) is 0 Å². The number of phenolic OH excluding ortho intramolecular Hbond substituents is 1. The van der Waals surface area contributed by atoms with Crippen LogP contribution < -0.4 is 10.1 Å². The van der Waals surface area contributed by atoms with Crippen molar-refractivity contribution in [3.63, 3.8) is 0 Å². The maximum Gasteiger partial charge on any atom is 0.330 e. The molecular weight excluding hydrogens is 590 g/mol. The Morgan fingerprint density at radius 2 is 1.68 bits per heavy atom. The Morgan fingerprint density at radius 1 is 1.06 bits per heavy atom. The molecule has 3 aromatic rings. The van der Waals surface area contributed by atoms with Gasteiger partial charge in [-0.15, -0.1) is 0 Å². The molecule has 0 aromatic heterocycles. The van der Waals surface area contributed by atoms with Gasteiger partial charge >= 0.3 is 5.97 Å². The number of carbonyl (C=O) groups excluding carboxylic acids is 1. The second-order valence-corrected chi connectivity index (χ2v) is 10.0. The molecule has 0 spiro atoms. The predicted molar refractivity (Wildman–Crippen MR) is 138 cm³/mol. The lowest BCUT2D eigenvalue weighted by Gasteiger charge is -2.17. The fourth-order valence-electron chi connectivity index (χ4n) is 3.35. The number of amides is 1. The van der Waals surface area contributed by atoms with Crippen molar-refractivity contribution in [1.29, 1.82) is 0 Å². The summed E-state index contributed by atoms with van der Waals surface area (Å²) < 4.78 is 7.18. The number of carbonyl (C=O) groups is 2. The monoisotopic (exact) mass is 609 g/mol. The number of aromatic hydroxyl groups is 1. The van der Waals surface area contributed by atoms with Gasteiger partial charge in [-0.25, -0.2) is 4.79 Å². The van der Waals surface area contributed by atoms with E-state index in [0.29, 0.717) is 37.1 Å². The third-order valence-electron chi connectivity index (χ3n) is 5.02. The Bertz CT molecular complexity index is 1190. The Balaban J connectivity index is 1.78. The zero-order valence-corrected chi connectivity index (χ0v) is 22.2. The van der Waals surface area contributed by atoms with Gasteiger partial charge in [0.1, 0.15) is 11.5 Å². The highest BCUT2D eigenvalue weighted by Crippen LogP contribution is 2.42. The van der Waals surface area contributed by atoms with Crippen molar-refractivity contribution >= 4 is 55.3 Å². The molecule has 34 heavy (non-hydrogen) atoms. The molecule has 0 radical (unpaired) electrons. The highest BCUT2D eigenvalue weighted by molar-refractivity contribution is 9.11. The predicted octanol–water partition coefficient (Wildman–Crippen LogP) is 6.97. The lowest BCUT2D eigenvalue weighted by Crippen LogP contribution is -2.34. The first-order valence-corrected chi connectivity index (χ1v) is 12.3. The van der Waals surface area contributed by atoms with Crippen LogP contribution >= 0.6 is 43.5 Å². The van der Waals surface area contributed by atoms with Gasteiger partial charge in [-0.1, -0.05) is 55.8 Å². The van der Waals surface area contributed by atoms with Crippen LogP contribution in [0.3, 0.4) is 0 Å². The first-order valence-electron chi connectivity index (χ1n) is 10.3. The summed E-state index contributed by atoms with van der Waals surface area (Å²) in [6, 6.07) is 14.1. The molecule has 0 aliphatic carbocycles. The van der Waals surface area contributed by atoms with Crippen molar-refractivity contribution in [2.45, 2.75) is 32.2 Å². The molecule has 0 heterocycles. The number of hydrogen-bond donors (Lipinski definition) is 3. The van der Waals surface area contributed by atoms with Crippen LogP contribution in [0.5, 0.6) is 17.2 Å². The molecule has 1 amide bonds. The fraction of sp³-hybridized carbons (Fsp3) is 0.200. The molecule has 1 atom stereocenters. The van der Waals surface area contributed by atoms with E-state index in [4.69, 9.17) is 16.3 Å². The van der Waals surface area contributed by atoms with E-state index in [0.717, 1.165) is 0 Å². The molecule has 3 rings (SSSR count). The van der Waals surface area contributed by atoms with E-state index in [2.05, 4.69) is 37.2 Å². The molecule has 0 bridgehead atoms. The van der Waals surface area contributed by atoms with Crippen LogP contribution in [0.15, 0.2) is 63.5 Å². The number of halogens is 3. The van der Waals surface area contributed by atoms with E-state index in [1.807, 2.05) is 13.8 Å². The molecule has 6 nitrogen and oxygen atoms in total. The summed E-state index contributed by atoms with van der Waals surface area (Å²) in [6.45, 7) is 3.88. The van der Waals surface area contributed by atoms with Crippen LogP contribution in [-0.4, -0.2) is 22.1 Å². The fourth-order valence-corrected chi connectivity index (χ4v) is 5.01. The molecule has 0 aliphatic rings. The topological polar surface area (TPSA) is 95.9 Å². The van der Waals surface area contributed by atoms with E-state index < -0.39 is 17.9 Å². The molecule has 0 aliphatic heterocycles. The van der Waals surface area contributed by atoms with Crippen molar-refractivity contribution < 1.29 is 24.5 Å². The van der Waals surface area contributed by atoms with Gasteiger partial charge in [0.15, 0.2) is 11.8 Å². The number of carboxylic acid groups (broad SMARTS) is 1. The summed E-state index contributed by atoms with van der Waals surface area (Å²) >= 11 is 13.1. The van der Waals surface area contributed by atoms with Gasteiger partial charge in [-0.3, -0.25) is 4.79 Å². The molecule has 9 heteroatoms. The van der Waals surface area contributed by atoms with Crippen molar-refractivity contribution in [3.05, 3.63) is 85.3 Å². The first kappa shape index (κ1) is 26.1. The minimum atomic E-state index is -1.14. The molecule has 0 unspecified atom stereocenters. The Kier molecular flexibility index (Phi) is 8.62. The molecular formula is C25H22Br2ClNO5. The van der Waals surface area contributed by atoms with E-state index in [9.17, 15) is 19.8 Å². The number of carboxylic acids is 1. The van der Waals surface area contributed by atoms with Gasteiger partial charge in [0.2, 0.25) is 5.91 Å². The molecule has 0 saturated carbocycles. The molecule has 0 saturated heterocycles. The van der Waals surface area contributed by atoms with Crippen LogP contribution in [0.2, 0.25) is 5.02 Å². The molecule has 3 N–H and O–H groups in total. The number of rotatable bonds is 8. The standard InChI is InChI=1S/C25H22Br2ClNO5/c1-13(2)17-11-16(12-20(28)23(17)31)34-24-18(26)8-14(9-19(24)27)10-21(30)29-22(25(32)33)15-6-4-3-5-7-15/h3-9,11-13,22,31H,10H2,1-2H3,(H,29,30)(H,32,33)/t22-/m1/s1. The molecule has 0 fully saturated rings. The lowest BCUT2D eigenvalue weighted by molar-refractivity contribution is -0.141. The molecule has 3 aromatic carbocycles. The van der Waals surface area contributed by atoms with E-state index in [1.165, 1.54) is 6.07 Å². The maximum atomic E-state index is 12.6. The van der Waals surface area contributed by atoms with E-state index in [-0.39, 0.29) is 23.1 Å². The van der Waals surface area contributed by atoms with Gasteiger partial charge in [0.05, 0.1) is 20.4 Å². The van der Waals surface area contributed by atoms with Crippen LogP contribution in [0, 0.1) is 0 Å². The third-order valence-corrected chi connectivity index (χ3v) is 6.48. The Hall–Kier alpha value is -2.55. The summed E-state index contributed by atoms with van der Waals surface area (Å²) in [6.07, 6.45) is -0.0311. The van der Waals surface area contributed by atoms with Gasteiger partial charge in [0.25, 0.3) is 0 Å². The smallest absolute Gasteiger partial charge is 0.330 e. The largest absolute Gasteiger partial charge is 0.506 e. The normalized spacial score (nSPS) is 11.8. The highest BCUT2D eigenvalue weighted by Gasteiger charge is 2.22. The summed E-state index contributed by atoms with van der Waals surface area (Å²) in [5, 5.41) is 22.5. The Morgan fingerprint density at radius 3 is 2.24 bits per heavy atom. The number of nitrogens with one attached hydrogen (secondary N) is 1. The average molecular weight is 612 g/mol. The van der Waals surface area contributed by atoms with Crippen molar-refractivity contribution in [1.82, 2.24) is 5.32 Å². The number of aliphatic carboxylic acids is 1. The zero-order chi connectivity index (χ0) is 25.0. The van der Waals surface area contributed by atoms with Gasteiger partial charge in [-0.2, -0.15) is 0 Å². The first-order chi connectivity index (χ1) is 16.1. The Labute approximate surface area is 219 Å².